The average Bonchev–Trinajstić information content (AvgIpc) is 3.18. The molecule has 21 heavy (non-hydrogen) atoms. The van der Waals surface area contributed by atoms with Crippen LogP contribution in [0, 0.1) is 0 Å². The van der Waals surface area contributed by atoms with Crippen LogP contribution in [0.3, 0.4) is 0 Å². The largest absolute Gasteiger partial charge is 0.497 e. The minimum Gasteiger partial charge on any atom is -0.497 e. The van der Waals surface area contributed by atoms with Gasteiger partial charge in [-0.3, -0.25) is 0 Å². The van der Waals surface area contributed by atoms with Crippen LogP contribution in [0.25, 0.3) is 9.75 Å². The van der Waals surface area contributed by atoms with Crippen LogP contribution in [0.5, 0.6) is 11.5 Å². The summed E-state index contributed by atoms with van der Waals surface area (Å²) < 4.78 is 10.6. The van der Waals surface area contributed by atoms with Gasteiger partial charge >= 0.3 is 0 Å². The Morgan fingerprint density at radius 3 is 2.57 bits per heavy atom. The van der Waals surface area contributed by atoms with E-state index in [0.717, 1.165) is 22.2 Å². The number of rotatable bonds is 5. The van der Waals surface area contributed by atoms with Crippen molar-refractivity contribution < 1.29 is 9.47 Å². The number of hydrogen-bond donors (Lipinski definition) is 1. The Kier molecular flexibility index (Phi) is 4.13. The third-order valence-electron chi connectivity index (χ3n) is 3.04. The van der Waals surface area contributed by atoms with Crippen LogP contribution in [0.15, 0.2) is 47.8 Å². The second kappa shape index (κ2) is 6.20. The lowest BCUT2D eigenvalue weighted by Gasteiger charge is -2.11. The minimum atomic E-state index is 0.764. The predicted octanol–water partition coefficient (Wildman–Crippen LogP) is 5.24. The standard InChI is InChI=1S/C16H15NO2S2/c1-18-11-5-6-12(13(10-11)19-2)17-16-8-7-15(21-16)14-4-3-9-20-14/h3-10,17H,1-2H3. The van der Waals surface area contributed by atoms with E-state index in [1.54, 1.807) is 36.9 Å². The van der Waals surface area contributed by atoms with Gasteiger partial charge in [0.05, 0.1) is 24.9 Å². The van der Waals surface area contributed by atoms with Crippen molar-refractivity contribution in [3.8, 4) is 21.3 Å². The topological polar surface area (TPSA) is 30.5 Å². The highest BCUT2D eigenvalue weighted by Gasteiger charge is 2.08. The van der Waals surface area contributed by atoms with E-state index in [0.29, 0.717) is 0 Å². The molecule has 1 N–H and O–H groups in total. The van der Waals surface area contributed by atoms with Gasteiger partial charge in [0.1, 0.15) is 11.5 Å². The summed E-state index contributed by atoms with van der Waals surface area (Å²) >= 11 is 3.48. The predicted molar refractivity (Wildman–Crippen MR) is 90.5 cm³/mol. The molecule has 0 radical (unpaired) electrons. The first kappa shape index (κ1) is 14.0. The van der Waals surface area contributed by atoms with E-state index in [1.807, 2.05) is 18.2 Å². The fourth-order valence-electron chi connectivity index (χ4n) is 1.99. The number of nitrogens with one attached hydrogen (secondary N) is 1. The van der Waals surface area contributed by atoms with Crippen molar-refractivity contribution in [3.05, 3.63) is 47.8 Å². The van der Waals surface area contributed by atoms with Gasteiger partial charge in [0.25, 0.3) is 0 Å². The third-order valence-corrected chi connectivity index (χ3v) is 5.10. The number of benzene rings is 1. The molecule has 2 heterocycles. The number of methoxy groups -OCH3 is 2. The Morgan fingerprint density at radius 2 is 1.86 bits per heavy atom. The van der Waals surface area contributed by atoms with Gasteiger partial charge in [-0.15, -0.1) is 22.7 Å². The Balaban J connectivity index is 1.84. The second-order valence-electron chi connectivity index (χ2n) is 4.33. The zero-order chi connectivity index (χ0) is 14.7. The molecule has 0 saturated heterocycles. The van der Waals surface area contributed by atoms with Crippen molar-refractivity contribution in [3.63, 3.8) is 0 Å². The average molecular weight is 317 g/mol. The molecule has 0 amide bonds. The van der Waals surface area contributed by atoms with Crippen molar-refractivity contribution >= 4 is 33.4 Å². The monoisotopic (exact) mass is 317 g/mol. The Bertz CT molecular complexity index is 720. The van der Waals surface area contributed by atoms with Gasteiger partial charge < -0.3 is 14.8 Å². The number of hydrogen-bond acceptors (Lipinski definition) is 5. The molecule has 0 aliphatic rings. The molecule has 0 aliphatic carbocycles. The van der Waals surface area contributed by atoms with Crippen molar-refractivity contribution in [2.24, 2.45) is 0 Å². The fourth-order valence-corrected chi connectivity index (χ4v) is 3.74. The Hall–Kier alpha value is -1.98. The van der Waals surface area contributed by atoms with Gasteiger partial charge in [-0.1, -0.05) is 6.07 Å². The highest BCUT2D eigenvalue weighted by molar-refractivity contribution is 7.23. The lowest BCUT2D eigenvalue weighted by atomic mass is 10.2. The van der Waals surface area contributed by atoms with E-state index < -0.39 is 0 Å². The molecule has 0 aliphatic heterocycles. The van der Waals surface area contributed by atoms with Crippen molar-refractivity contribution in [2.75, 3.05) is 19.5 Å². The SMILES string of the molecule is COc1ccc(Nc2ccc(-c3cccs3)s2)c(OC)c1. The molecule has 0 spiro atoms. The summed E-state index contributed by atoms with van der Waals surface area (Å²) in [7, 11) is 3.31. The summed E-state index contributed by atoms with van der Waals surface area (Å²) in [5, 5.41) is 6.58. The molecule has 0 atom stereocenters. The zero-order valence-corrected chi connectivity index (χ0v) is 13.4. The molecule has 0 unspecified atom stereocenters. The first-order valence-corrected chi connectivity index (χ1v) is 8.12. The lowest BCUT2D eigenvalue weighted by molar-refractivity contribution is 0.395. The summed E-state index contributed by atoms with van der Waals surface area (Å²) in [5.74, 6) is 1.54. The molecule has 108 valence electrons. The van der Waals surface area contributed by atoms with E-state index >= 15 is 0 Å². The third kappa shape index (κ3) is 3.04. The fraction of sp³-hybridized carbons (Fsp3) is 0.125. The van der Waals surface area contributed by atoms with Crippen LogP contribution >= 0.6 is 22.7 Å². The number of anilines is 2. The second-order valence-corrected chi connectivity index (χ2v) is 6.36. The molecular formula is C16H15NO2S2. The summed E-state index contributed by atoms with van der Waals surface area (Å²) in [6, 6.07) is 14.2. The van der Waals surface area contributed by atoms with Crippen molar-refractivity contribution in [1.29, 1.82) is 0 Å². The Morgan fingerprint density at radius 1 is 0.952 bits per heavy atom. The molecule has 3 nitrogen and oxygen atoms in total. The first-order valence-electron chi connectivity index (χ1n) is 6.43. The van der Waals surface area contributed by atoms with E-state index in [4.69, 9.17) is 9.47 Å². The lowest BCUT2D eigenvalue weighted by Crippen LogP contribution is -1.94. The van der Waals surface area contributed by atoms with Crippen LogP contribution in [0.1, 0.15) is 0 Å². The van der Waals surface area contributed by atoms with Gasteiger partial charge in [-0.2, -0.15) is 0 Å². The van der Waals surface area contributed by atoms with E-state index in [9.17, 15) is 0 Å². The molecular weight excluding hydrogens is 302 g/mol. The van der Waals surface area contributed by atoms with Crippen molar-refractivity contribution in [1.82, 2.24) is 0 Å². The maximum atomic E-state index is 5.40. The molecule has 0 fully saturated rings. The first-order chi connectivity index (χ1) is 10.3. The molecule has 3 rings (SSSR count). The Labute approximate surface area is 131 Å². The highest BCUT2D eigenvalue weighted by atomic mass is 32.1. The summed E-state index contributed by atoms with van der Waals surface area (Å²) in [6.45, 7) is 0. The summed E-state index contributed by atoms with van der Waals surface area (Å²) in [6.07, 6.45) is 0. The smallest absolute Gasteiger partial charge is 0.146 e. The van der Waals surface area contributed by atoms with E-state index in [2.05, 4.69) is 35.0 Å². The van der Waals surface area contributed by atoms with Crippen molar-refractivity contribution in [2.45, 2.75) is 0 Å². The summed E-state index contributed by atoms with van der Waals surface area (Å²) in [4.78, 5) is 2.55. The van der Waals surface area contributed by atoms with E-state index in [-0.39, 0.29) is 0 Å². The highest BCUT2D eigenvalue weighted by Crippen LogP contribution is 2.38. The van der Waals surface area contributed by atoms with Crippen LogP contribution in [0.2, 0.25) is 0 Å². The van der Waals surface area contributed by atoms with Crippen LogP contribution in [0.4, 0.5) is 10.7 Å². The summed E-state index contributed by atoms with van der Waals surface area (Å²) in [5.41, 5.74) is 0.929. The molecule has 2 aromatic heterocycles. The van der Waals surface area contributed by atoms with E-state index in [1.165, 1.54) is 9.75 Å². The normalized spacial score (nSPS) is 10.4. The quantitative estimate of drug-likeness (QED) is 0.698. The number of thiophene rings is 2. The van der Waals surface area contributed by atoms with Gasteiger partial charge in [-0.05, 0) is 35.7 Å². The van der Waals surface area contributed by atoms with Gasteiger partial charge in [0, 0.05) is 15.8 Å². The van der Waals surface area contributed by atoms with Crippen LogP contribution < -0.4 is 14.8 Å². The molecule has 0 saturated carbocycles. The molecule has 5 heteroatoms. The minimum absolute atomic E-state index is 0.764. The maximum absolute atomic E-state index is 5.40. The molecule has 1 aromatic carbocycles. The van der Waals surface area contributed by atoms with Crippen LogP contribution in [-0.4, -0.2) is 14.2 Å². The molecule has 3 aromatic rings. The van der Waals surface area contributed by atoms with Gasteiger partial charge in [0.2, 0.25) is 0 Å². The van der Waals surface area contributed by atoms with Gasteiger partial charge in [0.15, 0.2) is 0 Å². The maximum Gasteiger partial charge on any atom is 0.146 e. The van der Waals surface area contributed by atoms with Gasteiger partial charge in [-0.25, -0.2) is 0 Å². The van der Waals surface area contributed by atoms with Crippen LogP contribution in [-0.2, 0) is 0 Å². The number of ether oxygens (including phenoxy) is 2. The zero-order valence-electron chi connectivity index (χ0n) is 11.8. The molecule has 0 bridgehead atoms.